The number of amides is 1. The highest BCUT2D eigenvalue weighted by molar-refractivity contribution is 7.89. The predicted molar refractivity (Wildman–Crippen MR) is 89.1 cm³/mol. The fraction of sp³-hybridized carbons (Fsp3) is 0.188. The Kier molecular flexibility index (Phi) is 6.27. The first-order chi connectivity index (χ1) is 10.6. The Labute approximate surface area is 138 Å². The number of nitrogens with one attached hydrogen (secondary N) is 2. The zero-order valence-corrected chi connectivity index (χ0v) is 13.7. The Morgan fingerprint density at radius 3 is 2.73 bits per heavy atom. The van der Waals surface area contributed by atoms with E-state index in [1.165, 1.54) is 0 Å². The van der Waals surface area contributed by atoms with E-state index in [9.17, 15) is 9.35 Å². The minimum atomic E-state index is -1.40. The first-order valence-electron chi connectivity index (χ1n) is 6.88. The molecule has 0 saturated heterocycles. The molecule has 1 atom stereocenters. The summed E-state index contributed by atoms with van der Waals surface area (Å²) < 4.78 is 14.9. The molecule has 2 aromatic carbocycles. The van der Waals surface area contributed by atoms with Gasteiger partial charge in [-0.2, -0.15) is 0 Å². The molecule has 2 N–H and O–H groups in total. The van der Waals surface area contributed by atoms with E-state index in [2.05, 4.69) is 10.0 Å². The molecule has 4 nitrogen and oxygen atoms in total. The van der Waals surface area contributed by atoms with Gasteiger partial charge in [0.25, 0.3) is 5.91 Å². The molecule has 0 aromatic heterocycles. The second-order valence-corrected chi connectivity index (χ2v) is 6.28. The minimum Gasteiger partial charge on any atom is -0.593 e. The Hall–Kier alpha value is -1.53. The van der Waals surface area contributed by atoms with E-state index in [0.717, 1.165) is 5.56 Å². The maximum atomic E-state index is 12.3. The summed E-state index contributed by atoms with van der Waals surface area (Å²) in [6.07, 6.45) is 0. The van der Waals surface area contributed by atoms with Crippen LogP contribution in [0.5, 0.6) is 0 Å². The first-order valence-corrected chi connectivity index (χ1v) is 8.41. The fourth-order valence-electron chi connectivity index (χ4n) is 1.95. The largest absolute Gasteiger partial charge is 0.593 e. The molecule has 0 spiro atoms. The lowest BCUT2D eigenvalue weighted by molar-refractivity contribution is 0.0947. The quantitative estimate of drug-likeness (QED) is 0.797. The molecule has 1 amide bonds. The van der Waals surface area contributed by atoms with Crippen LogP contribution in [0.15, 0.2) is 53.4 Å². The van der Waals surface area contributed by atoms with Gasteiger partial charge >= 0.3 is 0 Å². The summed E-state index contributed by atoms with van der Waals surface area (Å²) in [6.45, 7) is 2.78. The molecular formula is C16H17ClN2O2S. The van der Waals surface area contributed by atoms with Crippen molar-refractivity contribution in [1.82, 2.24) is 10.0 Å². The number of rotatable bonds is 6. The number of hydrogen-bond donors (Lipinski definition) is 2. The summed E-state index contributed by atoms with van der Waals surface area (Å²) in [5.74, 6) is -0.262. The smallest absolute Gasteiger partial charge is 0.256 e. The lowest BCUT2D eigenvalue weighted by atomic mass is 10.2. The van der Waals surface area contributed by atoms with E-state index in [4.69, 9.17) is 11.6 Å². The summed E-state index contributed by atoms with van der Waals surface area (Å²) in [5.41, 5.74) is 1.31. The summed E-state index contributed by atoms with van der Waals surface area (Å²) in [4.78, 5) is 12.8. The summed E-state index contributed by atoms with van der Waals surface area (Å²) in [5, 5.41) is 3.45. The lowest BCUT2D eigenvalue weighted by Crippen LogP contribution is -2.29. The van der Waals surface area contributed by atoms with Crippen molar-refractivity contribution in [3.63, 3.8) is 0 Å². The van der Waals surface area contributed by atoms with Crippen molar-refractivity contribution >= 4 is 28.9 Å². The van der Waals surface area contributed by atoms with Crippen molar-refractivity contribution < 1.29 is 9.35 Å². The molecule has 22 heavy (non-hydrogen) atoms. The average molecular weight is 337 g/mol. The highest BCUT2D eigenvalue weighted by Gasteiger charge is 2.20. The SMILES string of the molecule is CCN[S+]([O-])c1ccccc1C(=O)NCc1cccc(Cl)c1. The number of carbonyl (C=O) groups excluding carboxylic acids is 1. The molecule has 2 aromatic rings. The molecule has 2 rings (SSSR count). The van der Waals surface area contributed by atoms with Crippen LogP contribution in [0.2, 0.25) is 5.02 Å². The number of benzene rings is 2. The van der Waals surface area contributed by atoms with Gasteiger partial charge in [0.1, 0.15) is 0 Å². The summed E-state index contributed by atoms with van der Waals surface area (Å²) >= 11 is 4.52. The molecule has 0 fully saturated rings. The zero-order valence-electron chi connectivity index (χ0n) is 12.1. The zero-order chi connectivity index (χ0) is 15.9. The van der Waals surface area contributed by atoms with Gasteiger partial charge in [0, 0.05) is 18.1 Å². The van der Waals surface area contributed by atoms with Gasteiger partial charge < -0.3 is 9.87 Å². The molecule has 0 heterocycles. The van der Waals surface area contributed by atoms with Crippen molar-refractivity contribution in [2.24, 2.45) is 0 Å². The minimum absolute atomic E-state index is 0.262. The molecule has 1 unspecified atom stereocenters. The Bertz CT molecular complexity index is 652. The molecule has 0 radical (unpaired) electrons. The van der Waals surface area contributed by atoms with Crippen LogP contribution in [0.1, 0.15) is 22.8 Å². The van der Waals surface area contributed by atoms with Crippen LogP contribution in [0, 0.1) is 0 Å². The first kappa shape index (κ1) is 16.8. The van der Waals surface area contributed by atoms with Crippen LogP contribution in [0.3, 0.4) is 0 Å². The van der Waals surface area contributed by atoms with Crippen molar-refractivity contribution in [2.45, 2.75) is 18.4 Å². The van der Waals surface area contributed by atoms with Gasteiger partial charge in [-0.3, -0.25) is 4.79 Å². The van der Waals surface area contributed by atoms with E-state index >= 15 is 0 Å². The van der Waals surface area contributed by atoms with E-state index in [0.29, 0.717) is 28.6 Å². The van der Waals surface area contributed by atoms with E-state index in [-0.39, 0.29) is 5.91 Å². The monoisotopic (exact) mass is 336 g/mol. The van der Waals surface area contributed by atoms with E-state index < -0.39 is 11.4 Å². The topological polar surface area (TPSA) is 64.2 Å². The van der Waals surface area contributed by atoms with Crippen LogP contribution < -0.4 is 10.0 Å². The van der Waals surface area contributed by atoms with Gasteiger partial charge in [0.15, 0.2) is 4.90 Å². The number of halogens is 1. The van der Waals surface area contributed by atoms with Gasteiger partial charge in [-0.1, -0.05) is 35.9 Å². The van der Waals surface area contributed by atoms with Gasteiger partial charge in [0.05, 0.1) is 16.9 Å². The van der Waals surface area contributed by atoms with Crippen LogP contribution >= 0.6 is 11.6 Å². The van der Waals surface area contributed by atoms with E-state index in [1.807, 2.05) is 19.1 Å². The summed E-state index contributed by atoms with van der Waals surface area (Å²) in [7, 11) is 0. The molecule has 6 heteroatoms. The fourth-order valence-corrected chi connectivity index (χ4v) is 3.14. The third kappa shape index (κ3) is 4.48. The number of hydrogen-bond acceptors (Lipinski definition) is 3. The molecule has 0 aliphatic heterocycles. The third-order valence-electron chi connectivity index (χ3n) is 2.95. The standard InChI is InChI=1S/C16H17ClN2O2S/c1-2-19-22(21)15-9-4-3-8-14(15)16(20)18-11-12-6-5-7-13(17)10-12/h3-10,19H,2,11H2,1H3,(H,18,20). The van der Waals surface area contributed by atoms with Gasteiger partial charge in [-0.15, -0.1) is 4.72 Å². The van der Waals surface area contributed by atoms with Crippen molar-refractivity contribution in [3.05, 3.63) is 64.7 Å². The normalized spacial score (nSPS) is 12.0. The van der Waals surface area contributed by atoms with Crippen LogP contribution in [-0.2, 0) is 17.9 Å². The average Bonchev–Trinajstić information content (AvgIpc) is 2.53. The van der Waals surface area contributed by atoms with Gasteiger partial charge in [-0.25, -0.2) is 0 Å². The third-order valence-corrected chi connectivity index (χ3v) is 4.49. The number of carbonyl (C=O) groups is 1. The second kappa shape index (κ2) is 8.19. The Balaban J connectivity index is 2.09. The summed E-state index contributed by atoms with van der Waals surface area (Å²) in [6, 6.07) is 14.2. The van der Waals surface area contributed by atoms with Crippen molar-refractivity contribution in [2.75, 3.05) is 6.54 Å². The van der Waals surface area contributed by atoms with Crippen LogP contribution in [0.25, 0.3) is 0 Å². The van der Waals surface area contributed by atoms with E-state index in [1.54, 1.807) is 36.4 Å². The van der Waals surface area contributed by atoms with Gasteiger partial charge in [-0.05, 0) is 36.8 Å². The predicted octanol–water partition coefficient (Wildman–Crippen LogP) is 2.90. The highest BCUT2D eigenvalue weighted by Crippen LogP contribution is 2.16. The Morgan fingerprint density at radius 2 is 2.00 bits per heavy atom. The van der Waals surface area contributed by atoms with Crippen molar-refractivity contribution in [1.29, 1.82) is 0 Å². The van der Waals surface area contributed by atoms with Gasteiger partial charge in [0.2, 0.25) is 0 Å². The maximum Gasteiger partial charge on any atom is 0.256 e. The lowest BCUT2D eigenvalue weighted by Gasteiger charge is -2.13. The molecule has 0 bridgehead atoms. The molecule has 0 saturated carbocycles. The molecule has 0 aliphatic carbocycles. The molecular weight excluding hydrogens is 320 g/mol. The van der Waals surface area contributed by atoms with Crippen molar-refractivity contribution in [3.8, 4) is 0 Å². The second-order valence-electron chi connectivity index (χ2n) is 4.58. The van der Waals surface area contributed by atoms with Crippen LogP contribution in [-0.4, -0.2) is 17.0 Å². The Morgan fingerprint density at radius 1 is 1.23 bits per heavy atom. The molecule has 116 valence electrons. The maximum absolute atomic E-state index is 12.3. The van der Waals surface area contributed by atoms with Crippen LogP contribution in [0.4, 0.5) is 0 Å². The molecule has 0 aliphatic rings. The highest BCUT2D eigenvalue weighted by atomic mass is 35.5.